The number of hydrogen-bond acceptors (Lipinski definition) is 4. The SMILES string of the molecule is COc1cc(/C=C/SN(C)Cc2ccccc2)ccc1-n1cnc(C)c1. The van der Waals surface area contributed by atoms with Crippen LogP contribution >= 0.6 is 11.9 Å². The summed E-state index contributed by atoms with van der Waals surface area (Å²) in [6.07, 6.45) is 5.89. The fourth-order valence-electron chi connectivity index (χ4n) is 2.65. The van der Waals surface area contributed by atoms with E-state index < -0.39 is 0 Å². The van der Waals surface area contributed by atoms with Gasteiger partial charge in [0, 0.05) is 12.7 Å². The fourth-order valence-corrected chi connectivity index (χ4v) is 3.30. The van der Waals surface area contributed by atoms with Gasteiger partial charge in [-0.1, -0.05) is 48.3 Å². The molecule has 0 atom stereocenters. The minimum atomic E-state index is 0.826. The lowest BCUT2D eigenvalue weighted by molar-refractivity contribution is 0.413. The second-order valence-electron chi connectivity index (χ2n) is 6.03. The van der Waals surface area contributed by atoms with E-state index in [1.807, 2.05) is 29.8 Å². The van der Waals surface area contributed by atoms with E-state index in [1.165, 1.54) is 5.56 Å². The van der Waals surface area contributed by atoms with E-state index in [0.29, 0.717) is 0 Å². The van der Waals surface area contributed by atoms with Gasteiger partial charge in [-0.05, 0) is 48.7 Å². The number of nitrogens with zero attached hydrogens (tertiary/aromatic N) is 3. The van der Waals surface area contributed by atoms with Gasteiger partial charge in [0.05, 0.1) is 24.8 Å². The van der Waals surface area contributed by atoms with E-state index >= 15 is 0 Å². The molecule has 0 spiro atoms. The molecule has 1 heterocycles. The Labute approximate surface area is 159 Å². The molecule has 0 aliphatic carbocycles. The largest absolute Gasteiger partial charge is 0.495 e. The summed E-state index contributed by atoms with van der Waals surface area (Å²) in [5.74, 6) is 0.826. The maximum Gasteiger partial charge on any atom is 0.143 e. The first-order valence-corrected chi connectivity index (χ1v) is 9.27. The lowest BCUT2D eigenvalue weighted by Gasteiger charge is -2.13. The smallest absolute Gasteiger partial charge is 0.143 e. The molecule has 1 aromatic heterocycles. The Hall–Kier alpha value is -2.50. The summed E-state index contributed by atoms with van der Waals surface area (Å²) in [5, 5.41) is 2.10. The van der Waals surface area contributed by atoms with Crippen molar-refractivity contribution in [3.8, 4) is 11.4 Å². The molecule has 134 valence electrons. The highest BCUT2D eigenvalue weighted by molar-refractivity contribution is 8.00. The Bertz CT molecular complexity index is 874. The third-order valence-electron chi connectivity index (χ3n) is 3.94. The van der Waals surface area contributed by atoms with Crippen LogP contribution in [0.25, 0.3) is 11.8 Å². The molecule has 0 radical (unpaired) electrons. The Morgan fingerprint density at radius 1 is 1.19 bits per heavy atom. The molecule has 5 heteroatoms. The van der Waals surface area contributed by atoms with Gasteiger partial charge < -0.3 is 9.30 Å². The van der Waals surface area contributed by atoms with Crippen molar-refractivity contribution in [2.24, 2.45) is 0 Å². The summed E-state index contributed by atoms with van der Waals surface area (Å²) >= 11 is 1.68. The summed E-state index contributed by atoms with van der Waals surface area (Å²) < 4.78 is 9.73. The van der Waals surface area contributed by atoms with Crippen LogP contribution in [0.2, 0.25) is 0 Å². The molecular formula is C21H23N3OS. The Morgan fingerprint density at radius 2 is 2.00 bits per heavy atom. The van der Waals surface area contributed by atoms with E-state index in [0.717, 1.165) is 29.2 Å². The molecule has 0 unspecified atom stereocenters. The van der Waals surface area contributed by atoms with Gasteiger partial charge >= 0.3 is 0 Å². The number of rotatable bonds is 7. The number of methoxy groups -OCH3 is 1. The molecule has 0 saturated carbocycles. The molecule has 0 fully saturated rings. The maximum atomic E-state index is 5.56. The van der Waals surface area contributed by atoms with Gasteiger partial charge in [-0.25, -0.2) is 9.29 Å². The third-order valence-corrected chi connectivity index (χ3v) is 4.69. The molecule has 3 rings (SSSR count). The van der Waals surface area contributed by atoms with E-state index in [2.05, 4.69) is 64.2 Å². The Morgan fingerprint density at radius 3 is 2.69 bits per heavy atom. The van der Waals surface area contributed by atoms with Gasteiger partial charge in [0.1, 0.15) is 5.75 Å². The van der Waals surface area contributed by atoms with Gasteiger partial charge in [0.15, 0.2) is 0 Å². The molecule has 0 amide bonds. The van der Waals surface area contributed by atoms with Crippen molar-refractivity contribution in [1.29, 1.82) is 0 Å². The predicted molar refractivity (Wildman–Crippen MR) is 109 cm³/mol. The zero-order valence-corrected chi connectivity index (χ0v) is 16.1. The molecule has 2 aromatic carbocycles. The summed E-state index contributed by atoms with van der Waals surface area (Å²) in [6.45, 7) is 2.88. The minimum absolute atomic E-state index is 0.826. The van der Waals surface area contributed by atoms with Crippen LogP contribution in [0.4, 0.5) is 0 Å². The number of hydrogen-bond donors (Lipinski definition) is 0. The normalized spacial score (nSPS) is 11.4. The maximum absolute atomic E-state index is 5.56. The second kappa shape index (κ2) is 8.74. The van der Waals surface area contributed by atoms with Crippen LogP contribution in [-0.2, 0) is 6.54 Å². The van der Waals surface area contributed by atoms with Crippen molar-refractivity contribution in [2.45, 2.75) is 13.5 Å². The average Bonchev–Trinajstić information content (AvgIpc) is 3.08. The zero-order valence-electron chi connectivity index (χ0n) is 15.3. The van der Waals surface area contributed by atoms with Gasteiger partial charge in [-0.3, -0.25) is 0 Å². The molecule has 4 nitrogen and oxygen atoms in total. The number of aryl methyl sites for hydroxylation is 1. The number of aromatic nitrogens is 2. The van der Waals surface area contributed by atoms with Crippen molar-refractivity contribution in [2.75, 3.05) is 14.2 Å². The highest BCUT2D eigenvalue weighted by atomic mass is 32.2. The summed E-state index contributed by atoms with van der Waals surface area (Å²) in [4.78, 5) is 4.28. The molecule has 0 bridgehead atoms. The van der Waals surface area contributed by atoms with Crippen LogP contribution in [0.1, 0.15) is 16.8 Å². The quantitative estimate of drug-likeness (QED) is 0.555. The predicted octanol–water partition coefficient (Wildman–Crippen LogP) is 4.94. The monoisotopic (exact) mass is 365 g/mol. The van der Waals surface area contributed by atoms with Gasteiger partial charge in [0.2, 0.25) is 0 Å². The zero-order chi connectivity index (χ0) is 18.4. The van der Waals surface area contributed by atoms with Crippen LogP contribution < -0.4 is 4.74 Å². The Kier molecular flexibility index (Phi) is 6.15. The number of benzene rings is 2. The number of imidazole rings is 1. The molecule has 26 heavy (non-hydrogen) atoms. The summed E-state index contributed by atoms with van der Waals surface area (Å²) in [6, 6.07) is 16.6. The topological polar surface area (TPSA) is 30.3 Å². The van der Waals surface area contributed by atoms with Crippen LogP contribution in [-0.4, -0.2) is 28.0 Å². The van der Waals surface area contributed by atoms with E-state index in [-0.39, 0.29) is 0 Å². The first-order valence-electron chi connectivity index (χ1n) is 8.43. The fraction of sp³-hybridized carbons (Fsp3) is 0.190. The molecule has 0 saturated heterocycles. The van der Waals surface area contributed by atoms with Crippen molar-refractivity contribution in [1.82, 2.24) is 13.9 Å². The molecular weight excluding hydrogens is 342 g/mol. The first kappa shape index (κ1) is 18.3. The van der Waals surface area contributed by atoms with Crippen molar-refractivity contribution >= 4 is 18.0 Å². The van der Waals surface area contributed by atoms with Gasteiger partial charge in [-0.15, -0.1) is 0 Å². The van der Waals surface area contributed by atoms with Gasteiger partial charge in [0.25, 0.3) is 0 Å². The van der Waals surface area contributed by atoms with Crippen LogP contribution in [0.5, 0.6) is 5.75 Å². The lowest BCUT2D eigenvalue weighted by Crippen LogP contribution is -2.06. The minimum Gasteiger partial charge on any atom is -0.495 e. The van der Waals surface area contributed by atoms with Crippen molar-refractivity contribution in [3.05, 3.63) is 83.3 Å². The molecule has 3 aromatic rings. The molecule has 0 aliphatic heterocycles. The van der Waals surface area contributed by atoms with E-state index in [9.17, 15) is 0 Å². The third kappa shape index (κ3) is 4.77. The lowest BCUT2D eigenvalue weighted by atomic mass is 10.2. The standard InChI is InChI=1S/C21H23N3OS/c1-17-14-24(16-22-17)20-10-9-18(13-21(20)25-3)11-12-26-23(2)15-19-7-5-4-6-8-19/h4-14,16H,15H2,1-3H3/b12-11+. The average molecular weight is 366 g/mol. The van der Waals surface area contributed by atoms with Crippen LogP contribution in [0.3, 0.4) is 0 Å². The Balaban J connectivity index is 1.65. The highest BCUT2D eigenvalue weighted by Gasteiger charge is 2.06. The van der Waals surface area contributed by atoms with Gasteiger partial charge in [-0.2, -0.15) is 0 Å². The second-order valence-corrected chi connectivity index (χ2v) is 7.14. The van der Waals surface area contributed by atoms with E-state index in [1.54, 1.807) is 25.4 Å². The van der Waals surface area contributed by atoms with Crippen molar-refractivity contribution in [3.63, 3.8) is 0 Å². The molecule has 0 aliphatic rings. The highest BCUT2D eigenvalue weighted by Crippen LogP contribution is 2.26. The first-order chi connectivity index (χ1) is 12.7. The number of ether oxygens (including phenoxy) is 1. The van der Waals surface area contributed by atoms with Crippen molar-refractivity contribution < 1.29 is 4.74 Å². The van der Waals surface area contributed by atoms with Crippen LogP contribution in [0.15, 0.2) is 66.5 Å². The van der Waals surface area contributed by atoms with E-state index in [4.69, 9.17) is 4.74 Å². The van der Waals surface area contributed by atoms with Crippen LogP contribution in [0, 0.1) is 6.92 Å². The summed E-state index contributed by atoms with van der Waals surface area (Å²) in [7, 11) is 3.78. The summed E-state index contributed by atoms with van der Waals surface area (Å²) in [5.41, 5.74) is 4.37. The molecule has 0 N–H and O–H groups in total.